The monoisotopic (exact) mass is 275 g/mol. The molecule has 0 fully saturated rings. The Labute approximate surface area is 128 Å². The van der Waals surface area contributed by atoms with Crippen LogP contribution in [-0.4, -0.2) is 0 Å². The summed E-state index contributed by atoms with van der Waals surface area (Å²) in [5, 5.41) is 0. The SMILES string of the molecule is CC1=C(c2ccc(C)c(C)c2C)[CH]c2ccc(C)c(C)c21. The van der Waals surface area contributed by atoms with E-state index in [1.165, 1.54) is 55.7 Å². The van der Waals surface area contributed by atoms with Crippen LogP contribution in [0, 0.1) is 41.0 Å². The summed E-state index contributed by atoms with van der Waals surface area (Å²) in [5.74, 6) is 0. The van der Waals surface area contributed by atoms with Crippen molar-refractivity contribution in [2.75, 3.05) is 0 Å². The molecule has 2 aromatic carbocycles. The van der Waals surface area contributed by atoms with Gasteiger partial charge in [-0.15, -0.1) is 0 Å². The van der Waals surface area contributed by atoms with Gasteiger partial charge in [0.1, 0.15) is 0 Å². The van der Waals surface area contributed by atoms with Crippen LogP contribution in [0.4, 0.5) is 0 Å². The third-order valence-corrected chi connectivity index (χ3v) is 5.20. The molecular weight excluding hydrogens is 252 g/mol. The molecule has 0 saturated carbocycles. The van der Waals surface area contributed by atoms with Crippen molar-refractivity contribution in [2.45, 2.75) is 41.5 Å². The van der Waals surface area contributed by atoms with Crippen molar-refractivity contribution in [1.82, 2.24) is 0 Å². The van der Waals surface area contributed by atoms with Gasteiger partial charge < -0.3 is 0 Å². The highest BCUT2D eigenvalue weighted by Gasteiger charge is 2.23. The summed E-state index contributed by atoms with van der Waals surface area (Å²) in [6.07, 6.45) is 2.36. The molecule has 21 heavy (non-hydrogen) atoms. The molecule has 0 nitrogen and oxygen atoms in total. The molecule has 0 atom stereocenters. The first-order chi connectivity index (χ1) is 9.91. The third kappa shape index (κ3) is 2.05. The first kappa shape index (κ1) is 14.1. The number of rotatable bonds is 1. The molecule has 2 aromatic rings. The number of hydrogen-bond donors (Lipinski definition) is 0. The van der Waals surface area contributed by atoms with Gasteiger partial charge in [-0.25, -0.2) is 0 Å². The highest BCUT2D eigenvalue weighted by Crippen LogP contribution is 2.43. The molecule has 3 rings (SSSR count). The molecule has 0 aliphatic heterocycles. The van der Waals surface area contributed by atoms with Crippen molar-refractivity contribution in [3.8, 4) is 0 Å². The molecule has 0 N–H and O–H groups in total. The van der Waals surface area contributed by atoms with Gasteiger partial charge in [0.15, 0.2) is 0 Å². The van der Waals surface area contributed by atoms with Crippen molar-refractivity contribution in [3.63, 3.8) is 0 Å². The zero-order valence-electron chi connectivity index (χ0n) is 13.9. The second-order valence-electron chi connectivity index (χ2n) is 6.33. The van der Waals surface area contributed by atoms with Crippen LogP contribution in [0.2, 0.25) is 0 Å². The summed E-state index contributed by atoms with van der Waals surface area (Å²) < 4.78 is 0. The number of allylic oxidation sites excluding steroid dienone is 2. The molecule has 0 saturated heterocycles. The quantitative estimate of drug-likeness (QED) is 0.624. The van der Waals surface area contributed by atoms with Gasteiger partial charge in [-0.3, -0.25) is 0 Å². The molecule has 0 bridgehead atoms. The lowest BCUT2D eigenvalue weighted by Crippen LogP contribution is -1.94. The van der Waals surface area contributed by atoms with Crippen LogP contribution in [0.15, 0.2) is 24.3 Å². The van der Waals surface area contributed by atoms with Crippen LogP contribution in [0.5, 0.6) is 0 Å². The summed E-state index contributed by atoms with van der Waals surface area (Å²) in [6.45, 7) is 13.4. The summed E-state index contributed by atoms with van der Waals surface area (Å²) in [7, 11) is 0. The molecule has 107 valence electrons. The Hall–Kier alpha value is -1.82. The Bertz CT molecular complexity index is 773. The van der Waals surface area contributed by atoms with E-state index in [0.29, 0.717) is 0 Å². The third-order valence-electron chi connectivity index (χ3n) is 5.20. The van der Waals surface area contributed by atoms with E-state index in [1.54, 1.807) is 0 Å². The maximum Gasteiger partial charge on any atom is 0.0214 e. The molecule has 0 aromatic heterocycles. The summed E-state index contributed by atoms with van der Waals surface area (Å²) in [4.78, 5) is 0. The van der Waals surface area contributed by atoms with Crippen LogP contribution in [0.25, 0.3) is 11.1 Å². The number of fused-ring (bicyclic) bond motifs is 1. The number of benzene rings is 2. The zero-order chi connectivity index (χ0) is 15.3. The fraction of sp³-hybridized carbons (Fsp3) is 0.286. The maximum atomic E-state index is 2.36. The van der Waals surface area contributed by atoms with Gasteiger partial charge in [-0.1, -0.05) is 24.3 Å². The first-order valence-corrected chi connectivity index (χ1v) is 7.65. The van der Waals surface area contributed by atoms with Crippen molar-refractivity contribution < 1.29 is 0 Å². The Morgan fingerprint density at radius 3 is 1.95 bits per heavy atom. The van der Waals surface area contributed by atoms with E-state index in [1.807, 2.05) is 0 Å². The Balaban J connectivity index is 2.21. The second-order valence-corrected chi connectivity index (χ2v) is 6.33. The van der Waals surface area contributed by atoms with E-state index in [-0.39, 0.29) is 0 Å². The predicted molar refractivity (Wildman–Crippen MR) is 92.5 cm³/mol. The Morgan fingerprint density at radius 2 is 1.24 bits per heavy atom. The van der Waals surface area contributed by atoms with Crippen LogP contribution in [0.3, 0.4) is 0 Å². The highest BCUT2D eigenvalue weighted by molar-refractivity contribution is 6.03. The van der Waals surface area contributed by atoms with Gasteiger partial charge in [0, 0.05) is 6.42 Å². The number of hydrogen-bond acceptors (Lipinski definition) is 0. The smallest absolute Gasteiger partial charge is 0.0214 e. The molecular formula is C21H23. The van der Waals surface area contributed by atoms with E-state index in [4.69, 9.17) is 0 Å². The molecule has 0 heteroatoms. The normalized spacial score (nSPS) is 13.8. The highest BCUT2D eigenvalue weighted by atomic mass is 14.3. The average molecular weight is 275 g/mol. The molecule has 1 aliphatic rings. The minimum atomic E-state index is 1.36. The topological polar surface area (TPSA) is 0 Å². The minimum Gasteiger partial charge on any atom is -0.0587 e. The summed E-state index contributed by atoms with van der Waals surface area (Å²) >= 11 is 0. The molecule has 1 radical (unpaired) electrons. The van der Waals surface area contributed by atoms with Crippen molar-refractivity contribution in [1.29, 1.82) is 0 Å². The van der Waals surface area contributed by atoms with E-state index in [9.17, 15) is 0 Å². The van der Waals surface area contributed by atoms with Crippen molar-refractivity contribution in [3.05, 3.63) is 75.2 Å². The molecule has 0 heterocycles. The van der Waals surface area contributed by atoms with Gasteiger partial charge in [0.2, 0.25) is 0 Å². The predicted octanol–water partition coefficient (Wildman–Crippen LogP) is 5.73. The van der Waals surface area contributed by atoms with Gasteiger partial charge in [-0.2, -0.15) is 0 Å². The first-order valence-electron chi connectivity index (χ1n) is 7.65. The zero-order valence-corrected chi connectivity index (χ0v) is 13.9. The minimum absolute atomic E-state index is 1.36. The fourth-order valence-corrected chi connectivity index (χ4v) is 3.38. The van der Waals surface area contributed by atoms with Crippen LogP contribution < -0.4 is 0 Å². The lowest BCUT2D eigenvalue weighted by atomic mass is 9.91. The van der Waals surface area contributed by atoms with E-state index < -0.39 is 0 Å². The summed E-state index contributed by atoms with van der Waals surface area (Å²) in [5.41, 5.74) is 14.0. The number of aryl methyl sites for hydroxylation is 2. The molecule has 0 amide bonds. The van der Waals surface area contributed by atoms with E-state index >= 15 is 0 Å². The largest absolute Gasteiger partial charge is 0.0587 e. The van der Waals surface area contributed by atoms with Crippen molar-refractivity contribution in [2.24, 2.45) is 0 Å². The Kier molecular flexibility index (Phi) is 3.28. The van der Waals surface area contributed by atoms with Crippen molar-refractivity contribution >= 4 is 11.1 Å². The lowest BCUT2D eigenvalue weighted by Gasteiger charge is -2.13. The van der Waals surface area contributed by atoms with Crippen LogP contribution in [-0.2, 0) is 0 Å². The fourth-order valence-electron chi connectivity index (χ4n) is 3.38. The van der Waals surface area contributed by atoms with E-state index in [0.717, 1.165) is 0 Å². The molecule has 0 unspecified atom stereocenters. The van der Waals surface area contributed by atoms with Gasteiger partial charge in [0.25, 0.3) is 0 Å². The average Bonchev–Trinajstić information content (AvgIpc) is 2.78. The Morgan fingerprint density at radius 1 is 0.619 bits per heavy atom. The maximum absolute atomic E-state index is 2.36. The lowest BCUT2D eigenvalue weighted by molar-refractivity contribution is 1.25. The second kappa shape index (κ2) is 4.87. The van der Waals surface area contributed by atoms with Gasteiger partial charge in [-0.05, 0) is 97.2 Å². The molecule has 1 aliphatic carbocycles. The van der Waals surface area contributed by atoms with Gasteiger partial charge >= 0.3 is 0 Å². The molecule has 0 spiro atoms. The van der Waals surface area contributed by atoms with Gasteiger partial charge in [0.05, 0.1) is 0 Å². The van der Waals surface area contributed by atoms with Crippen LogP contribution in [0.1, 0.15) is 51.4 Å². The van der Waals surface area contributed by atoms with E-state index in [2.05, 4.69) is 72.2 Å². The van der Waals surface area contributed by atoms with Crippen LogP contribution >= 0.6 is 0 Å². The standard InChI is InChI=1S/C21H23/c1-12-8-10-19(16(5)14(12)3)20-11-18-9-7-13(2)15(4)21(18)17(20)6/h7-11H,1-6H3. The summed E-state index contributed by atoms with van der Waals surface area (Å²) in [6, 6.07) is 9.01.